The topological polar surface area (TPSA) is 0 Å². The Kier molecular flexibility index (Phi) is 20.2. The molecule has 0 rings (SSSR count). The predicted molar refractivity (Wildman–Crippen MR) is 66.4 cm³/mol. The van der Waals surface area contributed by atoms with Crippen molar-refractivity contribution in [3.8, 4) is 0 Å². The molecular weight excluding hydrogens is 223 g/mol. The summed E-state index contributed by atoms with van der Waals surface area (Å²) < 4.78 is 0. The standard InChI is InChI=1S/C14H29.Mn/c1-3-5-7-9-11-13-14-12-10-8-6-4-2;/h1,3-14H2,2H3;/q-1;. The monoisotopic (exact) mass is 252 g/mol. The summed E-state index contributed by atoms with van der Waals surface area (Å²) >= 11 is 0. The third-order valence-electron chi connectivity index (χ3n) is 2.85. The third-order valence-corrected chi connectivity index (χ3v) is 2.85. The van der Waals surface area contributed by atoms with Gasteiger partial charge in [-0.3, -0.25) is 0 Å². The third kappa shape index (κ3) is 17.1. The van der Waals surface area contributed by atoms with E-state index in [2.05, 4.69) is 13.8 Å². The van der Waals surface area contributed by atoms with Crippen LogP contribution in [0.2, 0.25) is 0 Å². The maximum absolute atomic E-state index is 3.86. The first-order valence-electron chi connectivity index (χ1n) is 6.71. The van der Waals surface area contributed by atoms with Crippen LogP contribution in [0.15, 0.2) is 0 Å². The molecule has 0 saturated heterocycles. The zero-order valence-electron chi connectivity index (χ0n) is 10.6. The second-order valence-corrected chi connectivity index (χ2v) is 4.39. The maximum Gasteiger partial charge on any atom is 0 e. The quantitative estimate of drug-likeness (QED) is 0.258. The molecule has 0 atom stereocenters. The molecule has 0 aromatic rings. The minimum absolute atomic E-state index is 0. The zero-order valence-corrected chi connectivity index (χ0v) is 11.8. The fourth-order valence-corrected chi connectivity index (χ4v) is 1.84. The summed E-state index contributed by atoms with van der Waals surface area (Å²) in [6.07, 6.45) is 16.9. The van der Waals surface area contributed by atoms with Crippen LogP contribution in [0.25, 0.3) is 0 Å². The predicted octanol–water partition coefficient (Wildman–Crippen LogP) is 5.52. The second kappa shape index (κ2) is 16.9. The Labute approximate surface area is 108 Å². The molecule has 1 heteroatoms. The minimum Gasteiger partial charge on any atom is -0.343 e. The summed E-state index contributed by atoms with van der Waals surface area (Å²) in [4.78, 5) is 0. The average molecular weight is 252 g/mol. The molecule has 0 spiro atoms. The van der Waals surface area contributed by atoms with Crippen molar-refractivity contribution in [1.82, 2.24) is 0 Å². The van der Waals surface area contributed by atoms with Crippen molar-refractivity contribution in [2.45, 2.75) is 84.0 Å². The van der Waals surface area contributed by atoms with Crippen LogP contribution in [0.3, 0.4) is 0 Å². The normalized spacial score (nSPS) is 10.0. The van der Waals surface area contributed by atoms with Crippen molar-refractivity contribution < 1.29 is 17.1 Å². The van der Waals surface area contributed by atoms with Crippen LogP contribution in [0.1, 0.15) is 84.0 Å². The number of hydrogen-bond donors (Lipinski definition) is 0. The van der Waals surface area contributed by atoms with Gasteiger partial charge >= 0.3 is 0 Å². The van der Waals surface area contributed by atoms with Gasteiger partial charge in [0.1, 0.15) is 0 Å². The van der Waals surface area contributed by atoms with Gasteiger partial charge in [0.25, 0.3) is 0 Å². The molecular formula is C14H29Mn-. The van der Waals surface area contributed by atoms with Crippen molar-refractivity contribution >= 4 is 0 Å². The SMILES string of the molecule is [CH2-]CCCCCCCCCCCCC.[Mn]. The fourth-order valence-electron chi connectivity index (χ4n) is 1.84. The second-order valence-electron chi connectivity index (χ2n) is 4.39. The van der Waals surface area contributed by atoms with Gasteiger partial charge in [0.15, 0.2) is 0 Å². The molecule has 0 saturated carbocycles. The summed E-state index contributed by atoms with van der Waals surface area (Å²) in [5.74, 6) is 0. The molecule has 0 aliphatic heterocycles. The molecule has 0 fully saturated rings. The molecule has 93 valence electrons. The van der Waals surface area contributed by atoms with E-state index < -0.39 is 0 Å². The molecule has 15 heavy (non-hydrogen) atoms. The van der Waals surface area contributed by atoms with E-state index in [4.69, 9.17) is 0 Å². The summed E-state index contributed by atoms with van der Waals surface area (Å²) in [6.45, 7) is 6.14. The van der Waals surface area contributed by atoms with E-state index in [0.717, 1.165) is 6.42 Å². The number of rotatable bonds is 11. The van der Waals surface area contributed by atoms with Crippen LogP contribution in [-0.4, -0.2) is 0 Å². The Morgan fingerprint density at radius 1 is 0.600 bits per heavy atom. The van der Waals surface area contributed by atoms with Crippen LogP contribution < -0.4 is 0 Å². The molecule has 0 N–H and O–H groups in total. The molecule has 1 radical (unpaired) electrons. The van der Waals surface area contributed by atoms with Crippen molar-refractivity contribution in [2.24, 2.45) is 0 Å². The van der Waals surface area contributed by atoms with Gasteiger partial charge in [0.05, 0.1) is 0 Å². The van der Waals surface area contributed by atoms with Gasteiger partial charge in [0, 0.05) is 17.1 Å². The van der Waals surface area contributed by atoms with E-state index in [0.29, 0.717) is 0 Å². The first kappa shape index (κ1) is 17.9. The van der Waals surface area contributed by atoms with Crippen LogP contribution in [0.4, 0.5) is 0 Å². The molecule has 0 nitrogen and oxygen atoms in total. The van der Waals surface area contributed by atoms with Crippen molar-refractivity contribution in [2.75, 3.05) is 0 Å². The Morgan fingerprint density at radius 3 is 1.27 bits per heavy atom. The number of unbranched alkanes of at least 4 members (excludes halogenated alkanes) is 11. The van der Waals surface area contributed by atoms with E-state index >= 15 is 0 Å². The molecule has 0 bridgehead atoms. The largest absolute Gasteiger partial charge is 0.343 e. The molecule has 0 aromatic carbocycles. The van der Waals surface area contributed by atoms with Crippen LogP contribution in [0.5, 0.6) is 0 Å². The van der Waals surface area contributed by atoms with Gasteiger partial charge in [0.2, 0.25) is 0 Å². The molecule has 0 aromatic heterocycles. The zero-order chi connectivity index (χ0) is 10.5. The first-order chi connectivity index (χ1) is 6.91. The number of hydrogen-bond acceptors (Lipinski definition) is 0. The summed E-state index contributed by atoms with van der Waals surface area (Å²) in [5.41, 5.74) is 0. The Hall–Kier alpha value is 0.519. The molecule has 0 amide bonds. The van der Waals surface area contributed by atoms with Crippen LogP contribution in [0, 0.1) is 6.92 Å². The summed E-state index contributed by atoms with van der Waals surface area (Å²) in [5, 5.41) is 0. The van der Waals surface area contributed by atoms with Gasteiger partial charge in [-0.15, -0.1) is 0 Å². The van der Waals surface area contributed by atoms with Crippen LogP contribution in [-0.2, 0) is 17.1 Å². The van der Waals surface area contributed by atoms with E-state index in [1.54, 1.807) is 0 Å². The fraction of sp³-hybridized carbons (Fsp3) is 0.929. The van der Waals surface area contributed by atoms with E-state index in [-0.39, 0.29) is 17.1 Å². The first-order valence-corrected chi connectivity index (χ1v) is 6.71. The maximum atomic E-state index is 3.86. The van der Waals surface area contributed by atoms with Gasteiger partial charge < -0.3 is 6.92 Å². The molecule has 0 heterocycles. The Balaban J connectivity index is 0. The van der Waals surface area contributed by atoms with Crippen molar-refractivity contribution in [1.29, 1.82) is 0 Å². The van der Waals surface area contributed by atoms with Gasteiger partial charge in [-0.1, -0.05) is 77.6 Å². The molecule has 0 unspecified atom stereocenters. The smallest absolute Gasteiger partial charge is 0 e. The molecule has 0 aliphatic rings. The average Bonchev–Trinajstić information content (AvgIpc) is 2.21. The van der Waals surface area contributed by atoms with Crippen LogP contribution >= 0.6 is 0 Å². The van der Waals surface area contributed by atoms with Gasteiger partial charge in [-0.2, -0.15) is 6.42 Å². The van der Waals surface area contributed by atoms with Gasteiger partial charge in [-0.05, 0) is 0 Å². The van der Waals surface area contributed by atoms with Crippen molar-refractivity contribution in [3.05, 3.63) is 6.92 Å². The minimum atomic E-state index is 0. The van der Waals surface area contributed by atoms with E-state index in [1.807, 2.05) is 0 Å². The Morgan fingerprint density at radius 2 is 0.933 bits per heavy atom. The molecule has 0 aliphatic carbocycles. The van der Waals surface area contributed by atoms with E-state index in [1.165, 1.54) is 70.6 Å². The Bertz CT molecular complexity index is 79.3. The summed E-state index contributed by atoms with van der Waals surface area (Å²) in [6, 6.07) is 0. The van der Waals surface area contributed by atoms with Crippen molar-refractivity contribution in [3.63, 3.8) is 0 Å². The van der Waals surface area contributed by atoms with E-state index in [9.17, 15) is 0 Å². The van der Waals surface area contributed by atoms with Gasteiger partial charge in [-0.25, -0.2) is 0 Å². The summed E-state index contributed by atoms with van der Waals surface area (Å²) in [7, 11) is 0.